The van der Waals surface area contributed by atoms with Gasteiger partial charge in [-0.1, -0.05) is 35.9 Å². The Bertz CT molecular complexity index is 1180. The molecule has 0 saturated carbocycles. The molecule has 0 atom stereocenters. The van der Waals surface area contributed by atoms with Crippen LogP contribution in [0.5, 0.6) is 5.75 Å². The molecule has 6 nitrogen and oxygen atoms in total. The van der Waals surface area contributed by atoms with Gasteiger partial charge in [0.25, 0.3) is 11.8 Å². The van der Waals surface area contributed by atoms with Crippen molar-refractivity contribution in [2.45, 2.75) is 6.54 Å². The number of nitrogens with one attached hydrogen (secondary N) is 2. The van der Waals surface area contributed by atoms with Crippen molar-refractivity contribution in [3.8, 4) is 11.8 Å². The van der Waals surface area contributed by atoms with Gasteiger partial charge in [0, 0.05) is 22.8 Å². The molecule has 2 N–H and O–H groups in total. The highest BCUT2D eigenvalue weighted by molar-refractivity contribution is 6.30. The molecular formula is C25H20ClN3O3. The zero-order valence-electron chi connectivity index (χ0n) is 17.3. The average Bonchev–Trinajstić information content (AvgIpc) is 2.82. The Labute approximate surface area is 191 Å². The van der Waals surface area contributed by atoms with Crippen LogP contribution < -0.4 is 15.4 Å². The van der Waals surface area contributed by atoms with E-state index in [2.05, 4.69) is 10.6 Å². The van der Waals surface area contributed by atoms with Crippen molar-refractivity contribution in [1.29, 1.82) is 5.26 Å². The lowest BCUT2D eigenvalue weighted by atomic mass is 10.1. The van der Waals surface area contributed by atoms with Crippen LogP contribution in [0.25, 0.3) is 6.08 Å². The highest BCUT2D eigenvalue weighted by atomic mass is 35.5. The fraction of sp³-hybridized carbons (Fsp3) is 0.0800. The summed E-state index contributed by atoms with van der Waals surface area (Å²) < 4.78 is 5.09. The van der Waals surface area contributed by atoms with Gasteiger partial charge >= 0.3 is 0 Å². The van der Waals surface area contributed by atoms with Crippen LogP contribution in [0.3, 0.4) is 0 Å². The minimum Gasteiger partial charge on any atom is -0.497 e. The molecule has 160 valence electrons. The largest absolute Gasteiger partial charge is 0.497 e. The van der Waals surface area contributed by atoms with E-state index in [-0.39, 0.29) is 18.0 Å². The number of benzene rings is 3. The third-order valence-electron chi connectivity index (χ3n) is 4.54. The molecule has 0 bridgehead atoms. The van der Waals surface area contributed by atoms with Crippen LogP contribution in [0, 0.1) is 11.3 Å². The number of hydrogen-bond donors (Lipinski definition) is 2. The van der Waals surface area contributed by atoms with Gasteiger partial charge in [-0.3, -0.25) is 9.59 Å². The number of carbonyl (C=O) groups excluding carboxylic acids is 2. The molecule has 32 heavy (non-hydrogen) atoms. The monoisotopic (exact) mass is 445 g/mol. The molecule has 0 aliphatic heterocycles. The van der Waals surface area contributed by atoms with Crippen LogP contribution in [0.15, 0.2) is 78.4 Å². The van der Waals surface area contributed by atoms with Gasteiger partial charge in [-0.2, -0.15) is 5.26 Å². The van der Waals surface area contributed by atoms with Gasteiger partial charge in [0.1, 0.15) is 17.4 Å². The number of rotatable bonds is 7. The second-order valence-corrected chi connectivity index (χ2v) is 7.22. The van der Waals surface area contributed by atoms with Crippen LogP contribution in [-0.4, -0.2) is 18.9 Å². The molecule has 0 heterocycles. The molecule has 3 rings (SSSR count). The first-order valence-electron chi connectivity index (χ1n) is 9.68. The Morgan fingerprint density at radius 2 is 1.78 bits per heavy atom. The predicted molar refractivity (Wildman–Crippen MR) is 124 cm³/mol. The Kier molecular flexibility index (Phi) is 7.63. The van der Waals surface area contributed by atoms with Crippen molar-refractivity contribution in [3.05, 3.63) is 100 Å². The minimum atomic E-state index is -0.491. The molecule has 0 saturated heterocycles. The van der Waals surface area contributed by atoms with Crippen LogP contribution >= 0.6 is 11.6 Å². The van der Waals surface area contributed by atoms with Crippen molar-refractivity contribution >= 4 is 35.2 Å². The fourth-order valence-electron chi connectivity index (χ4n) is 2.85. The second-order valence-electron chi connectivity index (χ2n) is 6.79. The number of nitrogens with zero attached hydrogens (tertiary/aromatic N) is 1. The van der Waals surface area contributed by atoms with Crippen LogP contribution in [0.4, 0.5) is 5.69 Å². The number of carbonyl (C=O) groups is 2. The first-order valence-corrected chi connectivity index (χ1v) is 10.1. The Hall–Kier alpha value is -4.08. The van der Waals surface area contributed by atoms with Crippen molar-refractivity contribution < 1.29 is 14.3 Å². The second kappa shape index (κ2) is 10.8. The van der Waals surface area contributed by atoms with E-state index in [9.17, 15) is 14.9 Å². The summed E-state index contributed by atoms with van der Waals surface area (Å²) in [5.74, 6) is -0.114. The van der Waals surface area contributed by atoms with E-state index in [0.717, 1.165) is 5.56 Å². The number of anilines is 1. The number of halogens is 1. The maximum absolute atomic E-state index is 12.5. The number of hydrogen-bond acceptors (Lipinski definition) is 4. The lowest BCUT2D eigenvalue weighted by Crippen LogP contribution is -2.23. The topological polar surface area (TPSA) is 91.2 Å². The maximum Gasteiger partial charge on any atom is 0.262 e. The summed E-state index contributed by atoms with van der Waals surface area (Å²) in [5.41, 5.74) is 2.45. The SMILES string of the molecule is COc1ccc(C(=O)Nc2cccc(C=C(C#N)C(=O)NCc3ccc(Cl)cc3)c2)cc1. The summed E-state index contributed by atoms with van der Waals surface area (Å²) in [6, 6.07) is 22.6. The first-order chi connectivity index (χ1) is 15.5. The molecule has 0 spiro atoms. The van der Waals surface area contributed by atoms with E-state index < -0.39 is 5.91 Å². The highest BCUT2D eigenvalue weighted by Crippen LogP contribution is 2.17. The number of methoxy groups -OCH3 is 1. The molecule has 3 aromatic carbocycles. The van der Waals surface area contributed by atoms with Gasteiger partial charge in [-0.25, -0.2) is 0 Å². The third kappa shape index (κ3) is 6.21. The average molecular weight is 446 g/mol. The van der Waals surface area contributed by atoms with Gasteiger partial charge in [0.15, 0.2) is 0 Å². The molecular weight excluding hydrogens is 426 g/mol. The molecule has 0 unspecified atom stereocenters. The van der Waals surface area contributed by atoms with Crippen molar-refractivity contribution in [2.24, 2.45) is 0 Å². The zero-order valence-corrected chi connectivity index (χ0v) is 18.0. The van der Waals surface area contributed by atoms with Crippen molar-refractivity contribution in [2.75, 3.05) is 12.4 Å². The standard InChI is InChI=1S/C25H20ClN3O3/c1-32-23-11-7-19(8-12-23)25(31)29-22-4-2-3-18(14-22)13-20(15-27)24(30)28-16-17-5-9-21(26)10-6-17/h2-14H,16H2,1H3,(H,28,30)(H,29,31). The molecule has 7 heteroatoms. The van der Waals surface area contributed by atoms with E-state index in [1.807, 2.05) is 6.07 Å². The van der Waals surface area contributed by atoms with E-state index in [4.69, 9.17) is 16.3 Å². The normalized spacial score (nSPS) is 10.7. The maximum atomic E-state index is 12.5. The predicted octanol–water partition coefficient (Wildman–Crippen LogP) is 4.82. The Morgan fingerprint density at radius 1 is 1.06 bits per heavy atom. The van der Waals surface area contributed by atoms with Gasteiger partial charge in [0.2, 0.25) is 0 Å². The summed E-state index contributed by atoms with van der Waals surface area (Å²) in [7, 11) is 1.56. The summed E-state index contributed by atoms with van der Waals surface area (Å²) in [6.07, 6.45) is 1.47. The first kappa shape index (κ1) is 22.6. The smallest absolute Gasteiger partial charge is 0.262 e. The molecule has 0 fully saturated rings. The van der Waals surface area contributed by atoms with E-state index in [1.54, 1.807) is 79.9 Å². The molecule has 0 radical (unpaired) electrons. The highest BCUT2D eigenvalue weighted by Gasteiger charge is 2.10. The fourth-order valence-corrected chi connectivity index (χ4v) is 2.97. The van der Waals surface area contributed by atoms with Crippen molar-refractivity contribution in [3.63, 3.8) is 0 Å². The Balaban J connectivity index is 1.67. The van der Waals surface area contributed by atoms with E-state index in [1.165, 1.54) is 6.08 Å². The van der Waals surface area contributed by atoms with Crippen LogP contribution in [0.2, 0.25) is 5.02 Å². The molecule has 0 aromatic heterocycles. The minimum absolute atomic E-state index is 0.0439. The molecule has 0 aliphatic carbocycles. The molecule has 2 amide bonds. The van der Waals surface area contributed by atoms with Gasteiger partial charge in [-0.15, -0.1) is 0 Å². The summed E-state index contributed by atoms with van der Waals surface area (Å²) in [4.78, 5) is 24.9. The van der Waals surface area contributed by atoms with E-state index in [0.29, 0.717) is 27.6 Å². The number of nitriles is 1. The molecule has 0 aliphatic rings. The van der Waals surface area contributed by atoms with Gasteiger partial charge < -0.3 is 15.4 Å². The van der Waals surface area contributed by atoms with Crippen molar-refractivity contribution in [1.82, 2.24) is 5.32 Å². The summed E-state index contributed by atoms with van der Waals surface area (Å²) in [6.45, 7) is 0.271. The molecule has 3 aromatic rings. The van der Waals surface area contributed by atoms with Gasteiger partial charge in [-0.05, 0) is 65.7 Å². The van der Waals surface area contributed by atoms with Gasteiger partial charge in [0.05, 0.1) is 7.11 Å². The summed E-state index contributed by atoms with van der Waals surface area (Å²) in [5, 5.41) is 15.5. The van der Waals surface area contributed by atoms with E-state index >= 15 is 0 Å². The lowest BCUT2D eigenvalue weighted by molar-refractivity contribution is -0.117. The lowest BCUT2D eigenvalue weighted by Gasteiger charge is -2.08. The quantitative estimate of drug-likeness (QED) is 0.402. The zero-order chi connectivity index (χ0) is 22.9. The van der Waals surface area contributed by atoms with Crippen LogP contribution in [0.1, 0.15) is 21.5 Å². The third-order valence-corrected chi connectivity index (χ3v) is 4.79. The summed E-state index contributed by atoms with van der Waals surface area (Å²) >= 11 is 5.86. The number of ether oxygens (including phenoxy) is 1. The Morgan fingerprint density at radius 3 is 2.44 bits per heavy atom. The number of amides is 2. The van der Waals surface area contributed by atoms with Crippen LogP contribution in [-0.2, 0) is 11.3 Å².